The van der Waals surface area contributed by atoms with E-state index in [1.54, 1.807) is 41.7 Å². The summed E-state index contributed by atoms with van der Waals surface area (Å²) in [6.07, 6.45) is 1.92. The van der Waals surface area contributed by atoms with Crippen molar-refractivity contribution in [2.45, 2.75) is 80.5 Å². The van der Waals surface area contributed by atoms with E-state index in [9.17, 15) is 24.3 Å². The Kier molecular flexibility index (Phi) is 16.4. The van der Waals surface area contributed by atoms with Crippen molar-refractivity contribution in [2.24, 2.45) is 22.9 Å². The van der Waals surface area contributed by atoms with E-state index >= 15 is 0 Å². The Morgan fingerprint density at radius 1 is 0.836 bits per heavy atom. The van der Waals surface area contributed by atoms with Crippen LogP contribution in [0, 0.1) is 19.3 Å². The van der Waals surface area contributed by atoms with Crippen LogP contribution in [-0.4, -0.2) is 141 Å². The predicted octanol–water partition coefficient (Wildman–Crippen LogP) is -13.5. The van der Waals surface area contributed by atoms with E-state index in [2.05, 4.69) is 29.1 Å². The summed E-state index contributed by atoms with van der Waals surface area (Å²) in [4.78, 5) is 56.1. The number of nitrogens with two attached hydrogens (primary N) is 4. The average molecular weight is 746 g/mol. The second-order valence-corrected chi connectivity index (χ2v) is 16.0. The lowest BCUT2D eigenvalue weighted by atomic mass is 9.34. The minimum Gasteiger partial charge on any atom is -0.508 e. The predicted molar refractivity (Wildman–Crippen MR) is 247 cm³/mol. The van der Waals surface area contributed by atoms with Crippen LogP contribution in [0.15, 0.2) is 12.1 Å². The highest BCUT2D eigenvalue weighted by Crippen LogP contribution is 2.27. The number of hydrogen-bond acceptors (Lipinski definition) is 8. The molecule has 4 atom stereocenters. The molecule has 288 valence electrons. The molecule has 14 nitrogen and oxygen atoms in total. The number of nitrogens with one attached hydrogen (secondary N) is 5. The molecule has 55 heavy (non-hydrogen) atoms. The van der Waals surface area contributed by atoms with Crippen molar-refractivity contribution < 1.29 is 24.3 Å². The van der Waals surface area contributed by atoms with E-state index in [0.717, 1.165) is 38.4 Å². The second kappa shape index (κ2) is 19.2. The average Bonchev–Trinajstić information content (AvgIpc) is 3.08. The van der Waals surface area contributed by atoms with Gasteiger partial charge in [-0.05, 0) is 80.1 Å². The fourth-order valence-electron chi connectivity index (χ4n) is 7.45. The third-order valence-electron chi connectivity index (χ3n) is 11.8. The quantitative estimate of drug-likeness (QED) is 0.0283. The fourth-order valence-corrected chi connectivity index (χ4v) is 7.45. The number of aromatic hydroxyl groups is 1. The van der Waals surface area contributed by atoms with Crippen molar-refractivity contribution in [3.05, 3.63) is 34.4 Å². The van der Waals surface area contributed by atoms with Gasteiger partial charge in [0.25, 0.3) is 0 Å². The van der Waals surface area contributed by atoms with Crippen LogP contribution >= 0.6 is 0 Å². The van der Waals surface area contributed by atoms with Crippen molar-refractivity contribution in [3.8, 4) is 5.75 Å². The van der Waals surface area contributed by atoms with Gasteiger partial charge in [0, 0.05) is 13.0 Å². The summed E-state index contributed by atoms with van der Waals surface area (Å²) in [5.74, 6) is -2.72. The maximum absolute atomic E-state index is 14.7. The van der Waals surface area contributed by atoms with Crippen LogP contribution < -0.4 is 71.5 Å². The molecule has 0 saturated carbocycles. The van der Waals surface area contributed by atoms with Gasteiger partial charge < -0.3 is 49.3 Å². The zero-order valence-electron chi connectivity index (χ0n) is 34.9. The first kappa shape index (κ1) is 47.0. The highest BCUT2D eigenvalue weighted by Gasteiger charge is 2.51. The number of guanidine groups is 1. The molecule has 0 heterocycles. The number of carbonyl (C=O) groups is 4. The molecule has 0 unspecified atom stereocenters. The standard InChI is InChI=1S/C32H58B9N9O5/c1-13-10-15(51)11-14(2)16(13)12-18(48-25(52)17(43)6-5-9-47-29(45)46)26(53)49-30(38,7-3-4-8-42)28(55)50-32(41,27(44)54)31(39,40)19-20(33)22(35)24(37)23(36)21(19)34/h10-11,17-18,51H,3-9,12,33-43H2,1-2H3,(H2,44,54)(H,48,52)(H,49,53)(H,50,55)(H4,45,46,47)/t17-,18+,30+,32-/m1/s1. The molecule has 2 aromatic rings. The topological polar surface area (TPSA) is 265 Å². The Balaban J connectivity index is 2.61. The molecule has 0 aromatic heterocycles. The zero-order valence-corrected chi connectivity index (χ0v) is 34.9. The highest BCUT2D eigenvalue weighted by atomic mass is 16.3. The van der Waals surface area contributed by atoms with Crippen LogP contribution in [0.3, 0.4) is 0 Å². The lowest BCUT2D eigenvalue weighted by Crippen LogP contribution is -2.76. The minimum absolute atomic E-state index is 0.0331. The van der Waals surface area contributed by atoms with Crippen molar-refractivity contribution >= 4 is 128 Å². The van der Waals surface area contributed by atoms with Crippen molar-refractivity contribution in [2.75, 3.05) is 13.1 Å². The molecule has 4 amide bonds. The van der Waals surface area contributed by atoms with E-state index < -0.39 is 51.8 Å². The fraction of sp³-hybridized carbons (Fsp3) is 0.469. The number of amides is 4. The minimum atomic E-state index is -1.62. The zero-order chi connectivity index (χ0) is 42.2. The molecule has 23 heteroatoms. The molecular formula is C32H58B9N9O5. The van der Waals surface area contributed by atoms with Gasteiger partial charge in [0.1, 0.15) is 82.4 Å². The van der Waals surface area contributed by atoms with Crippen molar-refractivity contribution in [1.82, 2.24) is 21.3 Å². The summed E-state index contributed by atoms with van der Waals surface area (Å²) in [5, 5.41) is 27.9. The maximum atomic E-state index is 14.7. The number of carbonyl (C=O) groups excluding carboxylic acids is 4. The molecule has 0 aliphatic heterocycles. The molecule has 2 rings (SSSR count). The van der Waals surface area contributed by atoms with Gasteiger partial charge >= 0.3 is 0 Å². The van der Waals surface area contributed by atoms with Crippen molar-refractivity contribution in [3.63, 3.8) is 0 Å². The van der Waals surface area contributed by atoms with Gasteiger partial charge in [-0.15, -0.1) is 16.4 Å². The molecule has 0 fully saturated rings. The number of rotatable bonds is 19. The van der Waals surface area contributed by atoms with Crippen LogP contribution in [0.5, 0.6) is 5.75 Å². The summed E-state index contributed by atoms with van der Waals surface area (Å²) >= 11 is 0. The first-order valence-corrected chi connectivity index (χ1v) is 19.0. The van der Waals surface area contributed by atoms with Crippen LogP contribution in [0.4, 0.5) is 0 Å². The van der Waals surface area contributed by atoms with Crippen molar-refractivity contribution in [1.29, 1.82) is 5.41 Å². The largest absolute Gasteiger partial charge is 0.508 e. The van der Waals surface area contributed by atoms with Gasteiger partial charge in [-0.1, -0.05) is 22.9 Å². The normalized spacial score (nSPS) is 14.7. The van der Waals surface area contributed by atoms with E-state index in [-0.39, 0.29) is 31.0 Å². The van der Waals surface area contributed by atoms with Gasteiger partial charge in [-0.3, -0.25) is 24.6 Å². The first-order chi connectivity index (χ1) is 25.4. The Bertz CT molecular complexity index is 1750. The molecule has 0 radical (unpaired) electrons. The van der Waals surface area contributed by atoms with E-state index in [1.165, 1.54) is 0 Å². The summed E-state index contributed by atoms with van der Waals surface area (Å²) in [5.41, 5.74) is 28.8. The van der Waals surface area contributed by atoms with Crippen LogP contribution in [0.25, 0.3) is 0 Å². The van der Waals surface area contributed by atoms with Crippen LogP contribution in [-0.2, 0) is 30.8 Å². The maximum Gasteiger partial charge on any atom is 0.243 e. The molecular weight excluding hydrogens is 688 g/mol. The second-order valence-electron chi connectivity index (χ2n) is 16.0. The molecule has 0 spiro atoms. The van der Waals surface area contributed by atoms with Gasteiger partial charge in [0.2, 0.25) is 23.6 Å². The van der Waals surface area contributed by atoms with E-state index in [0.29, 0.717) is 43.5 Å². The lowest BCUT2D eigenvalue weighted by Gasteiger charge is -2.48. The third kappa shape index (κ3) is 11.0. The number of aryl methyl sites for hydroxylation is 2. The number of phenols is 1. The van der Waals surface area contributed by atoms with Crippen LogP contribution in [0.2, 0.25) is 0 Å². The summed E-state index contributed by atoms with van der Waals surface area (Å²) in [6.45, 7) is 4.29. The Labute approximate surface area is 334 Å². The lowest BCUT2D eigenvalue weighted by molar-refractivity contribution is -0.135. The van der Waals surface area contributed by atoms with E-state index in [4.69, 9.17) is 28.3 Å². The monoisotopic (exact) mass is 748 g/mol. The molecule has 14 N–H and O–H groups in total. The van der Waals surface area contributed by atoms with Crippen LogP contribution in [0.1, 0.15) is 54.4 Å². The number of primary amides is 1. The van der Waals surface area contributed by atoms with Gasteiger partial charge in [0.15, 0.2) is 5.96 Å². The third-order valence-corrected chi connectivity index (χ3v) is 11.8. The highest BCUT2D eigenvalue weighted by molar-refractivity contribution is 6.68. The number of unbranched alkanes of at least 4 members (excludes halogenated alkanes) is 1. The smallest absolute Gasteiger partial charge is 0.243 e. The molecule has 0 saturated heterocycles. The SMILES string of the molecule is Bc1c(B)c(B)c(C(B)(B)[C@](B)(NC(=O)[C@](B)(CCCCN)NC(=O)[C@H](Cc2c(C)cc(O)cc2C)NC(=O)[C@H](N)CCCNC(=N)N)C(N)=O)c(B)c1B. The number of phenolic OH excluding ortho intramolecular Hbond substituents is 1. The summed E-state index contributed by atoms with van der Waals surface area (Å²) < 4.78 is 0. The van der Waals surface area contributed by atoms with Gasteiger partial charge in [0.05, 0.1) is 16.9 Å². The Morgan fingerprint density at radius 3 is 1.85 bits per heavy atom. The van der Waals surface area contributed by atoms with E-state index in [1.807, 2.05) is 47.1 Å². The molecule has 0 aliphatic rings. The summed E-state index contributed by atoms with van der Waals surface area (Å²) in [7, 11) is 17.1. The molecule has 2 aromatic carbocycles. The Hall–Kier alpha value is -4.11. The number of hydrogen-bond donors (Lipinski definition) is 10. The number of benzene rings is 2. The Morgan fingerprint density at radius 2 is 1.36 bits per heavy atom. The first-order valence-electron chi connectivity index (χ1n) is 19.0. The molecule has 0 bridgehead atoms. The van der Waals surface area contributed by atoms with Gasteiger partial charge in [-0.2, -0.15) is 0 Å². The summed E-state index contributed by atoms with van der Waals surface area (Å²) in [6, 6.07) is 0.985. The van der Waals surface area contributed by atoms with Gasteiger partial charge in [-0.25, -0.2) is 0 Å². The molecule has 0 aliphatic carbocycles.